The van der Waals surface area contributed by atoms with E-state index in [1.165, 1.54) is 4.31 Å². The zero-order chi connectivity index (χ0) is 29.3. The van der Waals surface area contributed by atoms with E-state index in [-0.39, 0.29) is 16.3 Å². The van der Waals surface area contributed by atoms with Crippen LogP contribution in [0, 0.1) is 13.8 Å². The van der Waals surface area contributed by atoms with Gasteiger partial charge in [-0.1, -0.05) is 25.4 Å². The zero-order valence-electron chi connectivity index (χ0n) is 24.2. The number of hydrogen-bond donors (Lipinski definition) is 1. The van der Waals surface area contributed by atoms with Gasteiger partial charge in [-0.05, 0) is 51.9 Å². The van der Waals surface area contributed by atoms with Crippen LogP contribution in [0.1, 0.15) is 49.4 Å². The summed E-state index contributed by atoms with van der Waals surface area (Å²) in [5.74, 6) is 1.35. The van der Waals surface area contributed by atoms with Gasteiger partial charge in [0.25, 0.3) is 5.56 Å². The summed E-state index contributed by atoms with van der Waals surface area (Å²) < 4.78 is 41.6. The van der Waals surface area contributed by atoms with Gasteiger partial charge in [0, 0.05) is 31.7 Å². The number of likely N-dealkylation sites (N-methyl/N-ethyl adjacent to an activating group) is 1. The van der Waals surface area contributed by atoms with Crippen LogP contribution in [0.2, 0.25) is 0 Å². The maximum Gasteiger partial charge on any atom is 0.277 e. The lowest BCUT2D eigenvalue weighted by Crippen LogP contribution is -2.47. The molecule has 0 atom stereocenters. The van der Waals surface area contributed by atoms with Crippen molar-refractivity contribution >= 4 is 21.1 Å². The summed E-state index contributed by atoms with van der Waals surface area (Å²) >= 11 is 0. The molecule has 5 rings (SSSR count). The van der Waals surface area contributed by atoms with E-state index in [0.717, 1.165) is 24.1 Å². The highest BCUT2D eigenvalue weighted by atomic mass is 32.2. The van der Waals surface area contributed by atoms with Crippen molar-refractivity contribution in [1.29, 1.82) is 0 Å². The van der Waals surface area contributed by atoms with E-state index < -0.39 is 10.0 Å². The number of rotatable bonds is 10. The fraction of sp³-hybridized carbons (Fsp3) is 0.500. The van der Waals surface area contributed by atoms with E-state index >= 15 is 0 Å². The second-order valence-electron chi connectivity index (χ2n) is 10.5. The molecule has 4 heterocycles. The van der Waals surface area contributed by atoms with Crippen LogP contribution in [0.25, 0.3) is 22.4 Å². The lowest BCUT2D eigenvalue weighted by atomic mass is 10.1. The van der Waals surface area contributed by atoms with Crippen molar-refractivity contribution in [3.05, 3.63) is 51.3 Å². The number of nitrogens with one attached hydrogen (secondary N) is 1. The van der Waals surface area contributed by atoms with Gasteiger partial charge in [0.15, 0.2) is 5.52 Å². The molecular weight excluding hydrogens is 546 g/mol. The van der Waals surface area contributed by atoms with Gasteiger partial charge in [-0.3, -0.25) is 9.48 Å². The number of benzene rings is 1. The molecule has 1 N–H and O–H groups in total. The van der Waals surface area contributed by atoms with E-state index in [1.54, 1.807) is 22.9 Å². The van der Waals surface area contributed by atoms with Crippen molar-refractivity contribution < 1.29 is 17.7 Å². The fourth-order valence-corrected chi connectivity index (χ4v) is 6.49. The number of piperazine rings is 1. The van der Waals surface area contributed by atoms with Crippen molar-refractivity contribution in [1.82, 2.24) is 34.1 Å². The standard InChI is InChI=1S/C28H37N7O5S/c1-6-8-23-25-26(35(31-23)17-22-18(3)32-40-19(22)4)28(36)30-27(29-25)21-16-20(9-10-24(21)39-15-7-2)41(37,38)34-13-11-33(5)12-14-34/h9-10,16H,6-8,11-15,17H2,1-5H3,(H,29,30,36). The Hall–Kier alpha value is -3.55. The molecule has 0 saturated carbocycles. The molecule has 0 radical (unpaired) electrons. The third kappa shape index (κ3) is 5.66. The van der Waals surface area contributed by atoms with Gasteiger partial charge in [0.1, 0.15) is 22.9 Å². The van der Waals surface area contributed by atoms with Crippen LogP contribution < -0.4 is 10.3 Å². The summed E-state index contributed by atoms with van der Waals surface area (Å²) in [6, 6.07) is 4.76. The number of fused-ring (bicyclic) bond motifs is 1. The Kier molecular flexibility index (Phi) is 8.30. The molecule has 1 fully saturated rings. The normalized spacial score (nSPS) is 15.1. The molecule has 0 bridgehead atoms. The summed E-state index contributed by atoms with van der Waals surface area (Å²) in [4.78, 5) is 23.6. The molecule has 0 spiro atoms. The molecule has 0 aliphatic carbocycles. The third-order valence-corrected chi connectivity index (χ3v) is 9.31. The topological polar surface area (TPSA) is 139 Å². The Labute approximate surface area is 239 Å². The number of aromatic nitrogens is 5. The molecule has 3 aromatic heterocycles. The largest absolute Gasteiger partial charge is 0.493 e. The molecule has 12 nitrogen and oxygen atoms in total. The average molecular weight is 584 g/mol. The van der Waals surface area contributed by atoms with Gasteiger partial charge in [-0.2, -0.15) is 9.40 Å². The van der Waals surface area contributed by atoms with Crippen LogP contribution >= 0.6 is 0 Å². The second-order valence-corrected chi connectivity index (χ2v) is 12.4. The van der Waals surface area contributed by atoms with Crippen molar-refractivity contribution in [2.75, 3.05) is 39.8 Å². The van der Waals surface area contributed by atoms with Crippen molar-refractivity contribution in [2.45, 2.75) is 58.4 Å². The smallest absolute Gasteiger partial charge is 0.277 e. The van der Waals surface area contributed by atoms with Gasteiger partial charge < -0.3 is 19.1 Å². The quantitative estimate of drug-likeness (QED) is 0.298. The van der Waals surface area contributed by atoms with Crippen molar-refractivity contribution in [3.8, 4) is 17.1 Å². The van der Waals surface area contributed by atoms with E-state index in [1.807, 2.05) is 34.7 Å². The van der Waals surface area contributed by atoms with Crippen LogP contribution in [-0.4, -0.2) is 82.4 Å². The molecule has 220 valence electrons. The number of nitrogens with zero attached hydrogens (tertiary/aromatic N) is 6. The minimum atomic E-state index is -3.76. The second kappa shape index (κ2) is 11.7. The highest BCUT2D eigenvalue weighted by Gasteiger charge is 2.29. The molecular formula is C28H37N7O5S. The first kappa shape index (κ1) is 29.0. The van der Waals surface area contributed by atoms with Crippen LogP contribution in [0.3, 0.4) is 0 Å². The fourth-order valence-electron chi connectivity index (χ4n) is 5.05. The molecule has 1 aromatic carbocycles. The monoisotopic (exact) mass is 583 g/mol. The molecule has 0 amide bonds. The Morgan fingerprint density at radius 3 is 2.51 bits per heavy atom. The van der Waals surface area contributed by atoms with Crippen LogP contribution in [0.15, 0.2) is 32.4 Å². The van der Waals surface area contributed by atoms with Crippen molar-refractivity contribution in [3.63, 3.8) is 0 Å². The summed E-state index contributed by atoms with van der Waals surface area (Å²) in [6.07, 6.45) is 2.20. The van der Waals surface area contributed by atoms with Crippen LogP contribution in [0.4, 0.5) is 0 Å². The number of H-pyrrole nitrogens is 1. The number of hydrogen-bond acceptors (Lipinski definition) is 9. The number of aromatic amines is 1. The molecule has 41 heavy (non-hydrogen) atoms. The summed E-state index contributed by atoms with van der Waals surface area (Å²) in [7, 11) is -1.78. The Morgan fingerprint density at radius 1 is 1.10 bits per heavy atom. The minimum absolute atomic E-state index is 0.131. The molecule has 1 aliphatic rings. The molecule has 13 heteroatoms. The number of ether oxygens (including phenoxy) is 1. The van der Waals surface area contributed by atoms with Gasteiger partial charge in [-0.15, -0.1) is 0 Å². The van der Waals surface area contributed by atoms with E-state index in [0.29, 0.717) is 79.6 Å². The van der Waals surface area contributed by atoms with Gasteiger partial charge >= 0.3 is 0 Å². The highest BCUT2D eigenvalue weighted by molar-refractivity contribution is 7.89. The van der Waals surface area contributed by atoms with E-state index in [4.69, 9.17) is 19.3 Å². The highest BCUT2D eigenvalue weighted by Crippen LogP contribution is 2.32. The average Bonchev–Trinajstić information content (AvgIpc) is 3.46. The maximum atomic E-state index is 13.6. The van der Waals surface area contributed by atoms with Crippen molar-refractivity contribution in [2.24, 2.45) is 0 Å². The first-order valence-electron chi connectivity index (χ1n) is 14.0. The molecule has 1 aliphatic heterocycles. The Bertz CT molecular complexity index is 1700. The Morgan fingerprint density at radius 2 is 1.85 bits per heavy atom. The van der Waals surface area contributed by atoms with E-state index in [9.17, 15) is 13.2 Å². The summed E-state index contributed by atoms with van der Waals surface area (Å²) in [5, 5.41) is 8.78. The third-order valence-electron chi connectivity index (χ3n) is 7.41. The summed E-state index contributed by atoms with van der Waals surface area (Å²) in [6.45, 7) is 10.6. The van der Waals surface area contributed by atoms with E-state index in [2.05, 4.69) is 15.0 Å². The lowest BCUT2D eigenvalue weighted by molar-refractivity contribution is 0.222. The first-order chi connectivity index (χ1) is 19.6. The predicted molar refractivity (Wildman–Crippen MR) is 155 cm³/mol. The molecule has 4 aromatic rings. The first-order valence-corrected chi connectivity index (χ1v) is 15.4. The molecule has 1 saturated heterocycles. The predicted octanol–water partition coefficient (Wildman–Crippen LogP) is 3.12. The zero-order valence-corrected chi connectivity index (χ0v) is 25.0. The van der Waals surface area contributed by atoms with Gasteiger partial charge in [0.2, 0.25) is 10.0 Å². The number of aryl methyl sites for hydroxylation is 3. The minimum Gasteiger partial charge on any atom is -0.493 e. The summed E-state index contributed by atoms with van der Waals surface area (Å²) in [5.41, 5.74) is 3.15. The van der Waals surface area contributed by atoms with Gasteiger partial charge in [-0.25, -0.2) is 13.4 Å². The van der Waals surface area contributed by atoms with Crippen LogP contribution in [0.5, 0.6) is 5.75 Å². The SMILES string of the molecule is CCCOc1ccc(S(=O)(=O)N2CCN(C)CC2)cc1-c1nc2c(CCC)nn(Cc3c(C)noc3C)c2c(=O)[nH]1. The maximum absolute atomic E-state index is 13.6. The van der Waals surface area contributed by atoms with Gasteiger partial charge in [0.05, 0.1) is 35.0 Å². The lowest BCUT2D eigenvalue weighted by Gasteiger charge is -2.31. The number of sulfonamides is 1. The van der Waals surface area contributed by atoms with Crippen LogP contribution in [-0.2, 0) is 23.0 Å². The molecule has 0 unspecified atom stereocenters. The Balaban J connectivity index is 1.63.